The molecule has 20 heavy (non-hydrogen) atoms. The van der Waals surface area contributed by atoms with E-state index >= 15 is 0 Å². The molecule has 2 aromatic rings. The molecule has 0 aliphatic heterocycles. The molecule has 0 unspecified atom stereocenters. The molecule has 0 radical (unpaired) electrons. The fourth-order valence-electron chi connectivity index (χ4n) is 2.10. The Morgan fingerprint density at radius 1 is 1.05 bits per heavy atom. The Labute approximate surface area is 119 Å². The molecule has 3 heteroatoms. The summed E-state index contributed by atoms with van der Waals surface area (Å²) in [6.45, 7) is 0.661. The van der Waals surface area contributed by atoms with Crippen molar-refractivity contribution >= 4 is 5.91 Å². The summed E-state index contributed by atoms with van der Waals surface area (Å²) < 4.78 is 5.32. The topological polar surface area (TPSA) is 29.5 Å². The van der Waals surface area contributed by atoms with Gasteiger partial charge in [0.05, 0.1) is 7.11 Å². The zero-order valence-corrected chi connectivity index (χ0v) is 11.9. The van der Waals surface area contributed by atoms with Gasteiger partial charge in [-0.1, -0.05) is 36.4 Å². The quantitative estimate of drug-likeness (QED) is 0.835. The minimum absolute atomic E-state index is 0.0421. The van der Waals surface area contributed by atoms with E-state index < -0.39 is 0 Å². The van der Waals surface area contributed by atoms with Gasteiger partial charge in [0.2, 0.25) is 0 Å². The molecular weight excluding hydrogens is 250 g/mol. The number of rotatable bonds is 5. The largest absolute Gasteiger partial charge is 0.496 e. The Morgan fingerprint density at radius 3 is 2.40 bits per heavy atom. The molecule has 0 aromatic heterocycles. The third-order valence-corrected chi connectivity index (χ3v) is 3.28. The van der Waals surface area contributed by atoms with Crippen molar-refractivity contribution < 1.29 is 9.53 Å². The van der Waals surface area contributed by atoms with Crippen molar-refractivity contribution in [3.05, 3.63) is 65.7 Å². The van der Waals surface area contributed by atoms with Crippen LogP contribution in [-0.2, 0) is 6.42 Å². The van der Waals surface area contributed by atoms with Crippen LogP contribution in [0.5, 0.6) is 5.75 Å². The fourth-order valence-corrected chi connectivity index (χ4v) is 2.10. The molecule has 0 aliphatic rings. The lowest BCUT2D eigenvalue weighted by Gasteiger charge is -2.18. The summed E-state index contributed by atoms with van der Waals surface area (Å²) in [4.78, 5) is 14.0. The van der Waals surface area contributed by atoms with Gasteiger partial charge in [-0.15, -0.1) is 0 Å². The summed E-state index contributed by atoms with van der Waals surface area (Å²) in [6.07, 6.45) is 0.777. The van der Waals surface area contributed by atoms with E-state index in [9.17, 15) is 4.79 Å². The van der Waals surface area contributed by atoms with Crippen molar-refractivity contribution in [2.75, 3.05) is 20.7 Å². The van der Waals surface area contributed by atoms with Crippen LogP contribution >= 0.6 is 0 Å². The van der Waals surface area contributed by atoms with Gasteiger partial charge in [0.15, 0.2) is 0 Å². The third kappa shape index (κ3) is 3.38. The fraction of sp³-hybridized carbons (Fsp3) is 0.235. The highest BCUT2D eigenvalue weighted by atomic mass is 16.5. The smallest absolute Gasteiger partial charge is 0.253 e. The number of hydrogen-bond donors (Lipinski definition) is 0. The predicted octanol–water partition coefficient (Wildman–Crippen LogP) is 3.01. The van der Waals surface area contributed by atoms with Crippen LogP contribution in [0, 0.1) is 0 Å². The maximum Gasteiger partial charge on any atom is 0.253 e. The number of likely N-dealkylation sites (N-methyl/N-ethyl adjacent to an activating group) is 1. The van der Waals surface area contributed by atoms with Gasteiger partial charge in [-0.25, -0.2) is 0 Å². The van der Waals surface area contributed by atoms with Crippen LogP contribution in [0.15, 0.2) is 54.6 Å². The molecule has 0 spiro atoms. The Kier molecular flexibility index (Phi) is 4.77. The monoisotopic (exact) mass is 269 g/mol. The SMILES string of the molecule is COc1ccccc1CCN(C)C(=O)c1ccccc1. The molecule has 3 nitrogen and oxygen atoms in total. The van der Waals surface area contributed by atoms with E-state index in [1.165, 1.54) is 0 Å². The number of amides is 1. The molecule has 2 aromatic carbocycles. The van der Waals surface area contributed by atoms with Crippen LogP contribution in [0.25, 0.3) is 0 Å². The van der Waals surface area contributed by atoms with Gasteiger partial charge in [0, 0.05) is 19.2 Å². The van der Waals surface area contributed by atoms with Gasteiger partial charge in [-0.05, 0) is 30.2 Å². The number of methoxy groups -OCH3 is 1. The number of benzene rings is 2. The van der Waals surface area contributed by atoms with E-state index in [2.05, 4.69) is 0 Å². The number of carbonyl (C=O) groups excluding carboxylic acids is 1. The van der Waals surface area contributed by atoms with E-state index in [1.807, 2.05) is 61.6 Å². The van der Waals surface area contributed by atoms with Crippen LogP contribution in [0.4, 0.5) is 0 Å². The molecule has 0 saturated carbocycles. The average molecular weight is 269 g/mol. The number of ether oxygens (including phenoxy) is 1. The summed E-state index contributed by atoms with van der Waals surface area (Å²) >= 11 is 0. The first-order chi connectivity index (χ1) is 9.72. The van der Waals surface area contributed by atoms with E-state index in [4.69, 9.17) is 4.74 Å². The Balaban J connectivity index is 1.98. The van der Waals surface area contributed by atoms with Gasteiger partial charge in [0.1, 0.15) is 5.75 Å². The number of nitrogens with zero attached hydrogens (tertiary/aromatic N) is 1. The highest BCUT2D eigenvalue weighted by Gasteiger charge is 2.11. The first-order valence-corrected chi connectivity index (χ1v) is 6.65. The Bertz CT molecular complexity index is 566. The summed E-state index contributed by atoms with van der Waals surface area (Å²) in [5.74, 6) is 0.911. The van der Waals surface area contributed by atoms with Crippen molar-refractivity contribution in [1.29, 1.82) is 0 Å². The molecule has 0 bridgehead atoms. The van der Waals surface area contributed by atoms with Crippen LogP contribution in [0.2, 0.25) is 0 Å². The maximum absolute atomic E-state index is 12.2. The lowest BCUT2D eigenvalue weighted by Crippen LogP contribution is -2.28. The Morgan fingerprint density at radius 2 is 1.70 bits per heavy atom. The predicted molar refractivity (Wildman–Crippen MR) is 80.1 cm³/mol. The van der Waals surface area contributed by atoms with Crippen molar-refractivity contribution in [3.8, 4) is 5.75 Å². The molecule has 0 N–H and O–H groups in total. The van der Waals surface area contributed by atoms with Gasteiger partial charge in [0.25, 0.3) is 5.91 Å². The lowest BCUT2D eigenvalue weighted by atomic mass is 10.1. The van der Waals surface area contributed by atoms with Gasteiger partial charge in [-0.2, -0.15) is 0 Å². The van der Waals surface area contributed by atoms with Crippen molar-refractivity contribution in [1.82, 2.24) is 4.90 Å². The summed E-state index contributed by atoms with van der Waals surface area (Å²) in [7, 11) is 3.49. The first-order valence-electron chi connectivity index (χ1n) is 6.65. The van der Waals surface area contributed by atoms with Gasteiger partial charge >= 0.3 is 0 Å². The average Bonchev–Trinajstić information content (AvgIpc) is 2.53. The van der Waals surface area contributed by atoms with E-state index in [0.29, 0.717) is 6.54 Å². The molecule has 0 fully saturated rings. The van der Waals surface area contributed by atoms with Crippen LogP contribution in [-0.4, -0.2) is 31.5 Å². The normalized spacial score (nSPS) is 10.1. The number of carbonyl (C=O) groups is 1. The minimum atomic E-state index is 0.0421. The number of para-hydroxylation sites is 1. The van der Waals surface area contributed by atoms with Crippen molar-refractivity contribution in [3.63, 3.8) is 0 Å². The molecule has 0 aliphatic carbocycles. The third-order valence-electron chi connectivity index (χ3n) is 3.28. The summed E-state index contributed by atoms with van der Waals surface area (Å²) in [6, 6.07) is 17.2. The maximum atomic E-state index is 12.2. The minimum Gasteiger partial charge on any atom is -0.496 e. The van der Waals surface area contributed by atoms with Gasteiger partial charge in [-0.3, -0.25) is 4.79 Å². The lowest BCUT2D eigenvalue weighted by molar-refractivity contribution is 0.0796. The number of hydrogen-bond acceptors (Lipinski definition) is 2. The van der Waals surface area contributed by atoms with Crippen LogP contribution < -0.4 is 4.74 Å². The molecular formula is C17H19NO2. The Hall–Kier alpha value is -2.29. The highest BCUT2D eigenvalue weighted by molar-refractivity contribution is 5.93. The second kappa shape index (κ2) is 6.75. The zero-order valence-electron chi connectivity index (χ0n) is 11.9. The summed E-state index contributed by atoms with van der Waals surface area (Å²) in [5, 5.41) is 0. The van der Waals surface area contributed by atoms with E-state index in [1.54, 1.807) is 12.0 Å². The van der Waals surface area contributed by atoms with E-state index in [0.717, 1.165) is 23.3 Å². The van der Waals surface area contributed by atoms with Gasteiger partial charge < -0.3 is 9.64 Å². The van der Waals surface area contributed by atoms with E-state index in [-0.39, 0.29) is 5.91 Å². The van der Waals surface area contributed by atoms with Crippen LogP contribution in [0.1, 0.15) is 15.9 Å². The standard InChI is InChI=1S/C17H19NO2/c1-18(17(19)15-9-4-3-5-10-15)13-12-14-8-6-7-11-16(14)20-2/h3-11H,12-13H2,1-2H3. The summed E-state index contributed by atoms with van der Waals surface area (Å²) in [5.41, 5.74) is 1.83. The van der Waals surface area contributed by atoms with Crippen molar-refractivity contribution in [2.45, 2.75) is 6.42 Å². The van der Waals surface area contributed by atoms with Crippen molar-refractivity contribution in [2.24, 2.45) is 0 Å². The molecule has 1 amide bonds. The zero-order chi connectivity index (χ0) is 14.4. The van der Waals surface area contributed by atoms with Crippen LogP contribution in [0.3, 0.4) is 0 Å². The highest BCUT2D eigenvalue weighted by Crippen LogP contribution is 2.18. The second-order valence-electron chi connectivity index (χ2n) is 4.65. The second-order valence-corrected chi connectivity index (χ2v) is 4.65. The molecule has 0 heterocycles. The molecule has 0 atom stereocenters. The molecule has 0 saturated heterocycles. The molecule has 2 rings (SSSR count). The first kappa shape index (κ1) is 14.1. The molecule has 104 valence electrons.